The van der Waals surface area contributed by atoms with Crippen molar-refractivity contribution in [1.82, 2.24) is 10.6 Å². The van der Waals surface area contributed by atoms with E-state index in [4.69, 9.17) is 10.6 Å². The van der Waals surface area contributed by atoms with E-state index in [0.717, 1.165) is 16.7 Å². The summed E-state index contributed by atoms with van der Waals surface area (Å²) in [6.45, 7) is 3.94. The molecule has 0 radical (unpaired) electrons. The number of nitrogens with one attached hydrogen (secondary N) is 2. The number of rotatable bonds is 9. The maximum atomic E-state index is 12.4. The third-order valence-corrected chi connectivity index (χ3v) is 4.43. The Morgan fingerprint density at radius 3 is 2.43 bits per heavy atom. The first-order valence-corrected chi connectivity index (χ1v) is 9.28. The molecule has 0 aliphatic heterocycles. The number of carbonyl (C=O) groups excluding carboxylic acids is 2. The van der Waals surface area contributed by atoms with E-state index in [9.17, 15) is 14.4 Å². The molecule has 2 amide bonds. The summed E-state index contributed by atoms with van der Waals surface area (Å²) in [5, 5.41) is 17.6. The molecule has 0 aromatic heterocycles. The minimum Gasteiger partial charge on any atom is -0.481 e. The van der Waals surface area contributed by atoms with Gasteiger partial charge in [0.1, 0.15) is 0 Å². The number of aryl methyl sites for hydroxylation is 2. The van der Waals surface area contributed by atoms with Crippen molar-refractivity contribution in [3.05, 3.63) is 80.7 Å². The van der Waals surface area contributed by atoms with Crippen molar-refractivity contribution in [2.75, 3.05) is 6.54 Å². The molecule has 30 heavy (non-hydrogen) atoms. The summed E-state index contributed by atoms with van der Waals surface area (Å²) in [7, 11) is 0. The molecule has 3 N–H and O–H groups in total. The van der Waals surface area contributed by atoms with Crippen LogP contribution in [0.5, 0.6) is 0 Å². The van der Waals surface area contributed by atoms with Gasteiger partial charge in [0.05, 0.1) is 6.42 Å². The number of carboxylic acids is 1. The smallest absolute Gasteiger partial charge is 0.305 e. The monoisotopic (exact) mass is 409 g/mol. The highest BCUT2D eigenvalue weighted by atomic mass is 16.4. The predicted octanol–water partition coefficient (Wildman–Crippen LogP) is 3.12. The summed E-state index contributed by atoms with van der Waals surface area (Å²) in [4.78, 5) is 38.2. The molecule has 2 aromatic rings. The van der Waals surface area contributed by atoms with Gasteiger partial charge in [-0.15, -0.1) is 0 Å². The number of carboxylic acid groups (broad SMARTS) is 1. The summed E-state index contributed by atoms with van der Waals surface area (Å²) in [6.07, 6.45) is -0.354. The number of carbonyl (C=O) groups is 3. The molecule has 9 nitrogen and oxygen atoms in total. The fraction of sp³-hybridized carbons (Fsp3) is 0.286. The lowest BCUT2D eigenvalue weighted by Gasteiger charge is -2.15. The highest BCUT2D eigenvalue weighted by Gasteiger charge is 2.16. The maximum absolute atomic E-state index is 12.4. The fourth-order valence-electron chi connectivity index (χ4n) is 2.81. The number of amides is 2. The second-order valence-corrected chi connectivity index (χ2v) is 6.88. The standard InChI is InChI=1S/C21H23N5O4/c1-13-3-4-14(2)18(9-13)21(30)23-11-15-5-7-16(8-6-15)20(29)25-17(10-19(27)28)12-24-26-22/h3-9,17H,10-12H2,1-2H3,(H,23,30)(H,25,29)(H,27,28)/t17-/m0/s1. The molecular weight excluding hydrogens is 386 g/mol. The van der Waals surface area contributed by atoms with Crippen molar-refractivity contribution in [2.24, 2.45) is 5.11 Å². The molecule has 0 saturated carbocycles. The van der Waals surface area contributed by atoms with Crippen LogP contribution < -0.4 is 10.6 Å². The largest absolute Gasteiger partial charge is 0.481 e. The minimum atomic E-state index is -1.11. The van der Waals surface area contributed by atoms with Gasteiger partial charge >= 0.3 is 5.97 Å². The molecule has 0 heterocycles. The van der Waals surface area contributed by atoms with Crippen molar-refractivity contribution < 1.29 is 19.5 Å². The van der Waals surface area contributed by atoms with Crippen LogP contribution in [0.15, 0.2) is 47.6 Å². The summed E-state index contributed by atoms with van der Waals surface area (Å²) in [5.74, 6) is -1.75. The van der Waals surface area contributed by atoms with E-state index in [1.807, 2.05) is 32.0 Å². The first-order chi connectivity index (χ1) is 14.3. The van der Waals surface area contributed by atoms with Gasteiger partial charge < -0.3 is 15.7 Å². The van der Waals surface area contributed by atoms with Gasteiger partial charge in [-0.2, -0.15) is 0 Å². The van der Waals surface area contributed by atoms with E-state index in [1.54, 1.807) is 24.3 Å². The average molecular weight is 409 g/mol. The zero-order valence-corrected chi connectivity index (χ0v) is 16.8. The molecular formula is C21H23N5O4. The van der Waals surface area contributed by atoms with Crippen molar-refractivity contribution in [3.8, 4) is 0 Å². The highest BCUT2D eigenvalue weighted by Crippen LogP contribution is 2.11. The van der Waals surface area contributed by atoms with Crippen LogP contribution in [0.4, 0.5) is 0 Å². The number of nitrogens with zero attached hydrogens (tertiary/aromatic N) is 3. The van der Waals surface area contributed by atoms with E-state index >= 15 is 0 Å². The van der Waals surface area contributed by atoms with Crippen molar-refractivity contribution in [1.29, 1.82) is 0 Å². The molecule has 2 aromatic carbocycles. The number of aliphatic carboxylic acids is 1. The van der Waals surface area contributed by atoms with Crippen molar-refractivity contribution >= 4 is 17.8 Å². The number of azide groups is 1. The van der Waals surface area contributed by atoms with Crippen LogP contribution in [0.3, 0.4) is 0 Å². The van der Waals surface area contributed by atoms with Gasteiger partial charge in [0.2, 0.25) is 0 Å². The third-order valence-electron chi connectivity index (χ3n) is 4.43. The van der Waals surface area contributed by atoms with E-state index < -0.39 is 17.9 Å². The molecule has 156 valence electrons. The lowest BCUT2D eigenvalue weighted by molar-refractivity contribution is -0.137. The summed E-state index contributed by atoms with van der Waals surface area (Å²) >= 11 is 0. The maximum Gasteiger partial charge on any atom is 0.305 e. The zero-order valence-electron chi connectivity index (χ0n) is 16.8. The quantitative estimate of drug-likeness (QED) is 0.332. The molecule has 0 saturated heterocycles. The van der Waals surface area contributed by atoms with Crippen molar-refractivity contribution in [3.63, 3.8) is 0 Å². The SMILES string of the molecule is Cc1ccc(C)c(C(=O)NCc2ccc(C(=O)N[C@H](CN=[N+]=[N-])CC(=O)O)cc2)c1. The lowest BCUT2D eigenvalue weighted by Crippen LogP contribution is -2.38. The topological polar surface area (TPSA) is 144 Å². The number of hydrogen-bond donors (Lipinski definition) is 3. The van der Waals surface area contributed by atoms with E-state index in [0.29, 0.717) is 17.7 Å². The lowest BCUT2D eigenvalue weighted by atomic mass is 10.0. The minimum absolute atomic E-state index is 0.156. The van der Waals surface area contributed by atoms with Gasteiger partial charge in [0.15, 0.2) is 0 Å². The van der Waals surface area contributed by atoms with E-state index in [-0.39, 0.29) is 18.9 Å². The Kier molecular flexibility index (Phi) is 7.96. The zero-order chi connectivity index (χ0) is 22.1. The first kappa shape index (κ1) is 22.4. The summed E-state index contributed by atoms with van der Waals surface area (Å²) in [6, 6.07) is 11.5. The Labute approximate surface area is 173 Å². The molecule has 0 unspecified atom stereocenters. The molecule has 0 bridgehead atoms. The summed E-state index contributed by atoms with van der Waals surface area (Å²) in [5.41, 5.74) is 12.0. The fourth-order valence-corrected chi connectivity index (χ4v) is 2.81. The predicted molar refractivity (Wildman–Crippen MR) is 111 cm³/mol. The average Bonchev–Trinajstić information content (AvgIpc) is 2.71. The van der Waals surface area contributed by atoms with Gasteiger partial charge in [-0.1, -0.05) is 34.9 Å². The number of hydrogen-bond acceptors (Lipinski definition) is 4. The van der Waals surface area contributed by atoms with E-state index in [2.05, 4.69) is 20.7 Å². The van der Waals surface area contributed by atoms with Crippen molar-refractivity contribution in [2.45, 2.75) is 32.9 Å². The van der Waals surface area contributed by atoms with Crippen LogP contribution in [-0.2, 0) is 11.3 Å². The first-order valence-electron chi connectivity index (χ1n) is 9.28. The Balaban J connectivity index is 1.97. The molecule has 1 atom stereocenters. The van der Waals surface area contributed by atoms with Crippen LogP contribution >= 0.6 is 0 Å². The van der Waals surface area contributed by atoms with Gasteiger partial charge in [-0.05, 0) is 48.7 Å². The number of benzene rings is 2. The Morgan fingerprint density at radius 1 is 1.10 bits per heavy atom. The van der Waals surface area contributed by atoms with Crippen LogP contribution in [0.2, 0.25) is 0 Å². The van der Waals surface area contributed by atoms with Gasteiger partial charge in [-0.25, -0.2) is 0 Å². The molecule has 0 fully saturated rings. The normalized spacial score (nSPS) is 11.1. The van der Waals surface area contributed by atoms with Gasteiger partial charge in [0, 0.05) is 35.2 Å². The highest BCUT2D eigenvalue weighted by molar-refractivity contribution is 5.96. The van der Waals surface area contributed by atoms with E-state index in [1.165, 1.54) is 0 Å². The molecule has 0 spiro atoms. The second kappa shape index (κ2) is 10.6. The van der Waals surface area contributed by atoms with Crippen LogP contribution in [0.25, 0.3) is 10.4 Å². The summed E-state index contributed by atoms with van der Waals surface area (Å²) < 4.78 is 0. The molecule has 2 rings (SSSR count). The Morgan fingerprint density at radius 2 is 1.80 bits per heavy atom. The van der Waals surface area contributed by atoms with Gasteiger partial charge in [-0.3, -0.25) is 14.4 Å². The Bertz CT molecular complexity index is 977. The molecule has 0 aliphatic rings. The Hall–Kier alpha value is -3.84. The van der Waals surface area contributed by atoms with Crippen LogP contribution in [0, 0.1) is 13.8 Å². The second-order valence-electron chi connectivity index (χ2n) is 6.88. The molecule has 9 heteroatoms. The van der Waals surface area contributed by atoms with Crippen LogP contribution in [-0.4, -0.2) is 35.5 Å². The van der Waals surface area contributed by atoms with Crippen LogP contribution in [0.1, 0.15) is 43.8 Å². The molecule has 0 aliphatic carbocycles. The third kappa shape index (κ3) is 6.65. The van der Waals surface area contributed by atoms with Gasteiger partial charge in [0.25, 0.3) is 11.8 Å².